The lowest BCUT2D eigenvalue weighted by Crippen LogP contribution is -2.40. The van der Waals surface area contributed by atoms with E-state index in [1.807, 2.05) is 12.1 Å². The summed E-state index contributed by atoms with van der Waals surface area (Å²) >= 11 is 6.00. The summed E-state index contributed by atoms with van der Waals surface area (Å²) < 4.78 is 0. The smallest absolute Gasteiger partial charge is 0.250 e. The van der Waals surface area contributed by atoms with Crippen molar-refractivity contribution in [3.8, 4) is 0 Å². The Morgan fingerprint density at radius 3 is 2.86 bits per heavy atom. The van der Waals surface area contributed by atoms with Crippen LogP contribution < -0.4 is 16.0 Å². The van der Waals surface area contributed by atoms with Gasteiger partial charge in [0.15, 0.2) is 0 Å². The van der Waals surface area contributed by atoms with E-state index in [1.54, 1.807) is 6.07 Å². The van der Waals surface area contributed by atoms with E-state index < -0.39 is 5.91 Å². The summed E-state index contributed by atoms with van der Waals surface area (Å²) in [6.45, 7) is 7.20. The monoisotopic (exact) mass is 309 g/mol. The summed E-state index contributed by atoms with van der Waals surface area (Å²) in [5.74, 6) is 0.0726. The second kappa shape index (κ2) is 7.14. The SMILES string of the molecule is CC(C)CN(CC1CCCN1)c1ccc(Cl)cc1C(N)=O. The number of primary amides is 1. The molecule has 1 heterocycles. The Balaban J connectivity index is 2.28. The Morgan fingerprint density at radius 1 is 1.52 bits per heavy atom. The number of hydrogen-bond donors (Lipinski definition) is 2. The van der Waals surface area contributed by atoms with Crippen LogP contribution in [0.5, 0.6) is 0 Å². The summed E-state index contributed by atoms with van der Waals surface area (Å²) in [4.78, 5) is 14.0. The number of nitrogens with two attached hydrogens (primary N) is 1. The van der Waals surface area contributed by atoms with Crippen molar-refractivity contribution in [1.82, 2.24) is 5.32 Å². The van der Waals surface area contributed by atoms with E-state index in [4.69, 9.17) is 17.3 Å². The Labute approximate surface area is 131 Å². The van der Waals surface area contributed by atoms with Crippen LogP contribution in [-0.4, -0.2) is 31.6 Å². The molecule has 0 bridgehead atoms. The zero-order valence-corrected chi connectivity index (χ0v) is 13.5. The van der Waals surface area contributed by atoms with Gasteiger partial charge in [-0.1, -0.05) is 25.4 Å². The zero-order valence-electron chi connectivity index (χ0n) is 12.7. The molecular formula is C16H24ClN3O. The second-order valence-electron chi connectivity index (χ2n) is 6.12. The van der Waals surface area contributed by atoms with E-state index in [0.717, 1.165) is 25.3 Å². The van der Waals surface area contributed by atoms with Crippen molar-refractivity contribution in [2.24, 2.45) is 11.7 Å². The average molecular weight is 310 g/mol. The molecule has 5 heteroatoms. The molecule has 0 radical (unpaired) electrons. The molecule has 1 aliphatic rings. The highest BCUT2D eigenvalue weighted by molar-refractivity contribution is 6.31. The van der Waals surface area contributed by atoms with Gasteiger partial charge >= 0.3 is 0 Å². The van der Waals surface area contributed by atoms with Crippen LogP contribution >= 0.6 is 11.6 Å². The molecule has 21 heavy (non-hydrogen) atoms. The Bertz CT molecular complexity index is 498. The number of nitrogens with zero attached hydrogens (tertiary/aromatic N) is 1. The van der Waals surface area contributed by atoms with Gasteiger partial charge in [0.1, 0.15) is 0 Å². The highest BCUT2D eigenvalue weighted by atomic mass is 35.5. The molecule has 4 nitrogen and oxygen atoms in total. The minimum atomic E-state index is -0.430. The first-order chi connectivity index (χ1) is 9.97. The molecule has 3 N–H and O–H groups in total. The second-order valence-corrected chi connectivity index (χ2v) is 6.55. The van der Waals surface area contributed by atoms with Gasteiger partial charge in [-0.2, -0.15) is 0 Å². The number of anilines is 1. The number of nitrogens with one attached hydrogen (secondary N) is 1. The minimum absolute atomic E-state index is 0.430. The molecule has 1 atom stereocenters. The Morgan fingerprint density at radius 2 is 2.29 bits per heavy atom. The van der Waals surface area contributed by atoms with E-state index in [1.165, 1.54) is 12.8 Å². The van der Waals surface area contributed by atoms with Crippen LogP contribution in [0, 0.1) is 5.92 Å². The van der Waals surface area contributed by atoms with Crippen LogP contribution in [0.2, 0.25) is 5.02 Å². The van der Waals surface area contributed by atoms with Crippen molar-refractivity contribution < 1.29 is 4.79 Å². The van der Waals surface area contributed by atoms with Crippen LogP contribution in [0.4, 0.5) is 5.69 Å². The van der Waals surface area contributed by atoms with Gasteiger partial charge in [-0.15, -0.1) is 0 Å². The van der Waals surface area contributed by atoms with Gasteiger partial charge in [0.05, 0.1) is 5.56 Å². The molecule has 0 spiro atoms. The molecule has 0 aliphatic carbocycles. The lowest BCUT2D eigenvalue weighted by atomic mass is 10.1. The van der Waals surface area contributed by atoms with E-state index >= 15 is 0 Å². The van der Waals surface area contributed by atoms with E-state index in [2.05, 4.69) is 24.1 Å². The predicted octanol–water partition coefficient (Wildman–Crippen LogP) is 2.65. The number of rotatable bonds is 6. The zero-order chi connectivity index (χ0) is 15.4. The standard InChI is InChI=1S/C16H24ClN3O/c1-11(2)9-20(10-13-4-3-7-19-13)15-6-5-12(17)8-14(15)16(18)21/h5-6,8,11,13,19H,3-4,7,9-10H2,1-2H3,(H2,18,21). The highest BCUT2D eigenvalue weighted by Crippen LogP contribution is 2.26. The average Bonchev–Trinajstić information content (AvgIpc) is 2.90. The van der Waals surface area contributed by atoms with Gasteiger partial charge in [-0.3, -0.25) is 4.79 Å². The third-order valence-electron chi connectivity index (χ3n) is 3.75. The third-order valence-corrected chi connectivity index (χ3v) is 3.99. The fraction of sp³-hybridized carbons (Fsp3) is 0.562. The first kappa shape index (κ1) is 16.1. The molecule has 1 fully saturated rings. The predicted molar refractivity (Wildman–Crippen MR) is 88.0 cm³/mol. The number of halogens is 1. The molecular weight excluding hydrogens is 286 g/mol. The molecule has 116 valence electrons. The van der Waals surface area contributed by atoms with Crippen LogP contribution in [0.1, 0.15) is 37.0 Å². The summed E-state index contributed by atoms with van der Waals surface area (Å²) in [6.07, 6.45) is 2.39. The number of carbonyl (C=O) groups excluding carboxylic acids is 1. The topological polar surface area (TPSA) is 58.4 Å². The molecule has 0 saturated carbocycles. The summed E-state index contributed by atoms with van der Waals surface area (Å²) in [5.41, 5.74) is 6.91. The van der Waals surface area contributed by atoms with Gasteiger partial charge in [-0.25, -0.2) is 0 Å². The maximum absolute atomic E-state index is 11.7. The van der Waals surface area contributed by atoms with Gasteiger partial charge in [0, 0.05) is 29.8 Å². The lowest BCUT2D eigenvalue weighted by molar-refractivity contribution is 0.100. The van der Waals surface area contributed by atoms with Gasteiger partial charge in [-0.05, 0) is 43.5 Å². The molecule has 0 aromatic heterocycles. The number of benzene rings is 1. The Hall–Kier alpha value is -1.26. The van der Waals surface area contributed by atoms with Gasteiger partial charge in [0.2, 0.25) is 0 Å². The van der Waals surface area contributed by atoms with Crippen molar-refractivity contribution in [3.63, 3.8) is 0 Å². The van der Waals surface area contributed by atoms with Crippen molar-refractivity contribution >= 4 is 23.2 Å². The van der Waals surface area contributed by atoms with Crippen molar-refractivity contribution in [1.29, 1.82) is 0 Å². The number of hydrogen-bond acceptors (Lipinski definition) is 3. The molecule has 2 rings (SSSR count). The van der Waals surface area contributed by atoms with E-state index in [0.29, 0.717) is 22.5 Å². The normalized spacial score (nSPS) is 18.2. The summed E-state index contributed by atoms with van der Waals surface area (Å²) in [7, 11) is 0. The van der Waals surface area contributed by atoms with Gasteiger partial charge < -0.3 is 16.0 Å². The number of carbonyl (C=O) groups is 1. The molecule has 1 aliphatic heterocycles. The van der Waals surface area contributed by atoms with Crippen LogP contribution in [0.25, 0.3) is 0 Å². The van der Waals surface area contributed by atoms with Crippen molar-refractivity contribution in [2.75, 3.05) is 24.5 Å². The molecule has 1 amide bonds. The van der Waals surface area contributed by atoms with Crippen LogP contribution in [0.15, 0.2) is 18.2 Å². The maximum Gasteiger partial charge on any atom is 0.250 e. The van der Waals surface area contributed by atoms with Crippen LogP contribution in [0.3, 0.4) is 0 Å². The fourth-order valence-electron chi connectivity index (χ4n) is 2.87. The van der Waals surface area contributed by atoms with Gasteiger partial charge in [0.25, 0.3) is 5.91 Å². The number of amides is 1. The third kappa shape index (κ3) is 4.35. The Kier molecular flexibility index (Phi) is 5.48. The van der Waals surface area contributed by atoms with E-state index in [9.17, 15) is 4.79 Å². The minimum Gasteiger partial charge on any atom is -0.369 e. The molecule has 1 saturated heterocycles. The summed E-state index contributed by atoms with van der Waals surface area (Å²) in [5, 5.41) is 4.04. The first-order valence-corrected chi connectivity index (χ1v) is 7.93. The molecule has 1 aromatic rings. The van der Waals surface area contributed by atoms with E-state index in [-0.39, 0.29) is 0 Å². The van der Waals surface area contributed by atoms with Crippen molar-refractivity contribution in [2.45, 2.75) is 32.7 Å². The highest BCUT2D eigenvalue weighted by Gasteiger charge is 2.22. The lowest BCUT2D eigenvalue weighted by Gasteiger charge is -2.31. The largest absolute Gasteiger partial charge is 0.369 e. The first-order valence-electron chi connectivity index (χ1n) is 7.55. The quantitative estimate of drug-likeness (QED) is 0.849. The molecule has 1 aromatic carbocycles. The maximum atomic E-state index is 11.7. The van der Waals surface area contributed by atoms with Crippen molar-refractivity contribution in [3.05, 3.63) is 28.8 Å². The molecule has 1 unspecified atom stereocenters. The van der Waals surface area contributed by atoms with Crippen LogP contribution in [-0.2, 0) is 0 Å². The fourth-order valence-corrected chi connectivity index (χ4v) is 3.04. The summed E-state index contributed by atoms with van der Waals surface area (Å²) in [6, 6.07) is 5.85.